The number of hydrogen-bond donors (Lipinski definition) is 0. The minimum Gasteiger partial charge on any atom is -0.462 e. The summed E-state index contributed by atoms with van der Waals surface area (Å²) in [4.78, 5) is 21.2. The zero-order valence-electron chi connectivity index (χ0n) is 8.42. The van der Waals surface area contributed by atoms with Crippen LogP contribution in [-0.4, -0.2) is 30.5 Å². The topological polar surface area (TPSA) is 52.6 Å². The van der Waals surface area contributed by atoms with Gasteiger partial charge in [0.1, 0.15) is 12.7 Å². The molecule has 0 radical (unpaired) electrons. The van der Waals surface area contributed by atoms with E-state index >= 15 is 0 Å². The molecule has 14 heavy (non-hydrogen) atoms. The minimum absolute atomic E-state index is 0.103. The van der Waals surface area contributed by atoms with Crippen LogP contribution in [0.4, 0.5) is 0 Å². The Hall–Kier alpha value is -0.770. The summed E-state index contributed by atoms with van der Waals surface area (Å²) in [5, 5.41) is 0. The maximum atomic E-state index is 10.7. The van der Waals surface area contributed by atoms with E-state index in [-0.39, 0.29) is 24.6 Å². The van der Waals surface area contributed by atoms with Crippen LogP contribution >= 0.6 is 11.6 Å². The first-order valence-electron chi connectivity index (χ1n) is 4.42. The van der Waals surface area contributed by atoms with Crippen molar-refractivity contribution in [2.24, 2.45) is 0 Å². The number of carbonyl (C=O) groups excluding carboxylic acids is 2. The quantitative estimate of drug-likeness (QED) is 0.505. The first-order valence-corrected chi connectivity index (χ1v) is 4.96. The molecule has 0 aromatic rings. The molecule has 4 nitrogen and oxygen atoms in total. The van der Waals surface area contributed by atoms with Gasteiger partial charge in [0.05, 0.1) is 0 Å². The Morgan fingerprint density at radius 2 is 1.93 bits per heavy atom. The summed E-state index contributed by atoms with van der Waals surface area (Å²) in [6, 6.07) is 0. The molecular formula is C9H15ClO4. The fourth-order valence-corrected chi connectivity index (χ4v) is 1.08. The summed E-state index contributed by atoms with van der Waals surface area (Å²) in [7, 11) is 0. The SMILES string of the molecule is CC(=O)OCC(CCCCl)OC(C)=O. The molecule has 0 amide bonds. The van der Waals surface area contributed by atoms with Crippen LogP contribution in [0.3, 0.4) is 0 Å². The fraction of sp³-hybridized carbons (Fsp3) is 0.778. The van der Waals surface area contributed by atoms with Gasteiger partial charge in [-0.15, -0.1) is 11.6 Å². The fourth-order valence-electron chi connectivity index (χ4n) is 0.926. The smallest absolute Gasteiger partial charge is 0.303 e. The van der Waals surface area contributed by atoms with E-state index in [1.54, 1.807) is 0 Å². The molecule has 0 aliphatic carbocycles. The van der Waals surface area contributed by atoms with Gasteiger partial charge in [0.15, 0.2) is 0 Å². The van der Waals surface area contributed by atoms with Crippen molar-refractivity contribution in [3.05, 3.63) is 0 Å². The molecule has 0 aliphatic rings. The lowest BCUT2D eigenvalue weighted by atomic mass is 10.2. The molecule has 0 rings (SSSR count). The molecule has 0 bridgehead atoms. The minimum atomic E-state index is -0.381. The molecule has 0 saturated carbocycles. The number of ether oxygens (including phenoxy) is 2. The highest BCUT2D eigenvalue weighted by Gasteiger charge is 2.13. The number of halogens is 1. The van der Waals surface area contributed by atoms with E-state index in [0.717, 1.165) is 6.42 Å². The average Bonchev–Trinajstić information content (AvgIpc) is 2.09. The number of rotatable bonds is 6. The normalized spacial score (nSPS) is 11.9. The lowest BCUT2D eigenvalue weighted by Gasteiger charge is -2.15. The molecule has 82 valence electrons. The monoisotopic (exact) mass is 222 g/mol. The van der Waals surface area contributed by atoms with Crippen LogP contribution in [0.5, 0.6) is 0 Å². The van der Waals surface area contributed by atoms with Crippen LogP contribution in [0.15, 0.2) is 0 Å². The Balaban J connectivity index is 3.83. The van der Waals surface area contributed by atoms with Gasteiger partial charge in [-0.05, 0) is 12.8 Å². The maximum absolute atomic E-state index is 10.7. The predicted octanol–water partition coefficient (Wildman–Crippen LogP) is 1.50. The zero-order chi connectivity index (χ0) is 11.0. The second-order valence-electron chi connectivity index (χ2n) is 2.87. The first-order chi connectivity index (χ1) is 6.56. The van der Waals surface area contributed by atoms with Crippen molar-refractivity contribution in [1.29, 1.82) is 0 Å². The molecule has 0 fully saturated rings. The molecule has 0 heterocycles. The van der Waals surface area contributed by atoms with E-state index in [2.05, 4.69) is 0 Å². The van der Waals surface area contributed by atoms with Crippen LogP contribution in [0.2, 0.25) is 0 Å². The van der Waals surface area contributed by atoms with Crippen LogP contribution in [-0.2, 0) is 19.1 Å². The van der Waals surface area contributed by atoms with Crippen molar-refractivity contribution in [1.82, 2.24) is 0 Å². The van der Waals surface area contributed by atoms with E-state index in [9.17, 15) is 9.59 Å². The van der Waals surface area contributed by atoms with Gasteiger partial charge in [-0.3, -0.25) is 9.59 Å². The molecular weight excluding hydrogens is 208 g/mol. The molecule has 0 aromatic carbocycles. The summed E-state index contributed by atoms with van der Waals surface area (Å²) in [5.41, 5.74) is 0. The van der Waals surface area contributed by atoms with Crippen molar-refractivity contribution < 1.29 is 19.1 Å². The Kier molecular flexibility index (Phi) is 7.20. The summed E-state index contributed by atoms with van der Waals surface area (Å²) in [6.07, 6.45) is 0.951. The summed E-state index contributed by atoms with van der Waals surface area (Å²) in [5.74, 6) is -0.262. The highest BCUT2D eigenvalue weighted by atomic mass is 35.5. The lowest BCUT2D eigenvalue weighted by molar-refractivity contribution is -0.156. The zero-order valence-corrected chi connectivity index (χ0v) is 9.17. The molecule has 5 heteroatoms. The van der Waals surface area contributed by atoms with E-state index < -0.39 is 0 Å². The van der Waals surface area contributed by atoms with E-state index in [1.807, 2.05) is 0 Å². The van der Waals surface area contributed by atoms with Crippen molar-refractivity contribution in [3.63, 3.8) is 0 Å². The van der Waals surface area contributed by atoms with Gasteiger partial charge in [0, 0.05) is 19.7 Å². The first kappa shape index (κ1) is 13.2. The molecule has 1 atom stereocenters. The van der Waals surface area contributed by atoms with Gasteiger partial charge in [-0.25, -0.2) is 0 Å². The van der Waals surface area contributed by atoms with Gasteiger partial charge in [-0.2, -0.15) is 0 Å². The van der Waals surface area contributed by atoms with Crippen molar-refractivity contribution in [2.75, 3.05) is 12.5 Å². The van der Waals surface area contributed by atoms with E-state index in [0.29, 0.717) is 12.3 Å². The molecule has 0 saturated heterocycles. The van der Waals surface area contributed by atoms with E-state index in [4.69, 9.17) is 21.1 Å². The van der Waals surface area contributed by atoms with Crippen molar-refractivity contribution in [2.45, 2.75) is 32.8 Å². The average molecular weight is 223 g/mol. The standard InChI is InChI=1S/C9H15ClO4/c1-7(11)13-6-9(4-3-5-10)14-8(2)12/h9H,3-6H2,1-2H3. The van der Waals surface area contributed by atoms with Gasteiger partial charge < -0.3 is 9.47 Å². The lowest BCUT2D eigenvalue weighted by Crippen LogP contribution is -2.23. The maximum Gasteiger partial charge on any atom is 0.303 e. The predicted molar refractivity (Wildman–Crippen MR) is 52.1 cm³/mol. The Morgan fingerprint density at radius 3 is 2.36 bits per heavy atom. The van der Waals surface area contributed by atoms with Gasteiger partial charge in [0.2, 0.25) is 0 Å². The molecule has 1 unspecified atom stereocenters. The van der Waals surface area contributed by atoms with Crippen LogP contribution < -0.4 is 0 Å². The highest BCUT2D eigenvalue weighted by molar-refractivity contribution is 6.17. The summed E-state index contributed by atoms with van der Waals surface area (Å²) < 4.78 is 9.67. The molecule has 0 N–H and O–H groups in total. The van der Waals surface area contributed by atoms with Crippen LogP contribution in [0.1, 0.15) is 26.7 Å². The molecule has 0 aromatic heterocycles. The second kappa shape index (κ2) is 7.62. The highest BCUT2D eigenvalue weighted by Crippen LogP contribution is 2.05. The largest absolute Gasteiger partial charge is 0.462 e. The number of carbonyl (C=O) groups is 2. The third-order valence-electron chi connectivity index (χ3n) is 1.46. The van der Waals surface area contributed by atoms with Crippen LogP contribution in [0, 0.1) is 0 Å². The number of alkyl halides is 1. The van der Waals surface area contributed by atoms with Crippen LogP contribution in [0.25, 0.3) is 0 Å². The molecule has 0 aliphatic heterocycles. The molecule has 0 spiro atoms. The Bertz CT molecular complexity index is 193. The number of hydrogen-bond acceptors (Lipinski definition) is 4. The summed E-state index contributed by atoms with van der Waals surface area (Å²) in [6.45, 7) is 2.74. The van der Waals surface area contributed by atoms with Crippen molar-refractivity contribution in [3.8, 4) is 0 Å². The third kappa shape index (κ3) is 7.86. The Labute approximate surface area is 88.5 Å². The summed E-state index contributed by atoms with van der Waals surface area (Å²) >= 11 is 5.50. The van der Waals surface area contributed by atoms with Gasteiger partial charge in [-0.1, -0.05) is 0 Å². The van der Waals surface area contributed by atoms with Gasteiger partial charge >= 0.3 is 11.9 Å². The number of esters is 2. The van der Waals surface area contributed by atoms with Crippen molar-refractivity contribution >= 4 is 23.5 Å². The van der Waals surface area contributed by atoms with E-state index in [1.165, 1.54) is 13.8 Å². The Morgan fingerprint density at radius 1 is 1.29 bits per heavy atom. The van der Waals surface area contributed by atoms with Gasteiger partial charge in [0.25, 0.3) is 0 Å². The second-order valence-corrected chi connectivity index (χ2v) is 3.24. The third-order valence-corrected chi connectivity index (χ3v) is 1.73.